The molecule has 0 aromatic heterocycles. The number of hydrogen-bond donors (Lipinski definition) is 0. The second-order valence-electron chi connectivity index (χ2n) is 7.42. The quantitative estimate of drug-likeness (QED) is 0.820. The van der Waals surface area contributed by atoms with E-state index in [4.69, 9.17) is 4.99 Å². The third-order valence-electron chi connectivity index (χ3n) is 5.41. The number of carbonyl (C=O) groups is 2. The lowest BCUT2D eigenvalue weighted by Crippen LogP contribution is -2.63. The number of imide groups is 1. The zero-order valence-electron chi connectivity index (χ0n) is 16.2. The smallest absolute Gasteiger partial charge is 0.315 e. The molecule has 2 atom stereocenters. The van der Waals surface area contributed by atoms with Gasteiger partial charge in [-0.15, -0.1) is 0 Å². The Morgan fingerprint density at radius 1 is 1.07 bits per heavy atom. The first-order valence-electron chi connectivity index (χ1n) is 9.38. The number of benzene rings is 1. The number of amides is 3. The number of rotatable bonds is 4. The molecule has 27 heavy (non-hydrogen) atoms. The normalized spacial score (nSPS) is 24.3. The highest BCUT2D eigenvalue weighted by Gasteiger charge is 2.54. The first-order valence-corrected chi connectivity index (χ1v) is 9.38. The number of fused-ring (bicyclic) bond motifs is 3. The van der Waals surface area contributed by atoms with Gasteiger partial charge in [-0.25, -0.2) is 9.79 Å². The number of carbonyl (C=O) groups excluding carboxylic acids is 2. The Balaban J connectivity index is 1.63. The monoisotopic (exact) mass is 367 g/mol. The van der Waals surface area contributed by atoms with Crippen molar-refractivity contribution < 1.29 is 9.59 Å². The van der Waals surface area contributed by atoms with Crippen molar-refractivity contribution in [3.63, 3.8) is 0 Å². The van der Waals surface area contributed by atoms with Gasteiger partial charge in [0.05, 0.1) is 6.54 Å². The van der Waals surface area contributed by atoms with Crippen molar-refractivity contribution in [2.24, 2.45) is 4.99 Å². The summed E-state index contributed by atoms with van der Waals surface area (Å²) in [6, 6.07) is 7.11. The van der Waals surface area contributed by atoms with Gasteiger partial charge in [0.2, 0.25) is 5.96 Å². The zero-order chi connectivity index (χ0) is 19.3. The summed E-state index contributed by atoms with van der Waals surface area (Å²) in [6.07, 6.45) is 2.48. The molecule has 0 N–H and O–H groups in total. The number of nitrogens with zero attached hydrogens (tertiary/aromatic N) is 5. The Kier molecular flexibility index (Phi) is 4.17. The van der Waals surface area contributed by atoms with E-state index in [1.165, 1.54) is 4.90 Å². The van der Waals surface area contributed by atoms with E-state index in [1.54, 1.807) is 11.9 Å². The minimum Gasteiger partial charge on any atom is -0.315 e. The number of aryl methyl sites for hydroxylation is 1. The van der Waals surface area contributed by atoms with Crippen LogP contribution in [-0.4, -0.2) is 63.3 Å². The summed E-state index contributed by atoms with van der Waals surface area (Å²) in [5.41, 5.74) is 3.16. The molecule has 142 valence electrons. The molecule has 2 unspecified atom stereocenters. The van der Waals surface area contributed by atoms with Gasteiger partial charge in [0, 0.05) is 25.5 Å². The fourth-order valence-electron chi connectivity index (χ4n) is 3.92. The number of hydrogen-bond acceptors (Lipinski definition) is 5. The molecule has 7 heteroatoms. The molecular weight excluding hydrogens is 342 g/mol. The summed E-state index contributed by atoms with van der Waals surface area (Å²) in [7, 11) is 1.72. The molecule has 0 spiro atoms. The largest absolute Gasteiger partial charge is 0.328 e. The van der Waals surface area contributed by atoms with Crippen LogP contribution in [0.4, 0.5) is 4.79 Å². The highest BCUT2D eigenvalue weighted by atomic mass is 16.2. The number of aliphatic imine (C=N–C) groups is 1. The summed E-state index contributed by atoms with van der Waals surface area (Å²) >= 11 is 0. The van der Waals surface area contributed by atoms with Gasteiger partial charge in [-0.1, -0.05) is 36.8 Å². The summed E-state index contributed by atoms with van der Waals surface area (Å²) in [4.78, 5) is 37.8. The van der Waals surface area contributed by atoms with Crippen molar-refractivity contribution in [2.45, 2.75) is 45.9 Å². The lowest BCUT2D eigenvalue weighted by molar-refractivity contribution is -0.137. The minimum absolute atomic E-state index is 0.190. The fourth-order valence-corrected chi connectivity index (χ4v) is 3.92. The van der Waals surface area contributed by atoms with E-state index in [0.717, 1.165) is 35.7 Å². The average Bonchev–Trinajstić information content (AvgIpc) is 3.15. The van der Waals surface area contributed by atoms with Crippen LogP contribution in [0.5, 0.6) is 0 Å². The number of allylic oxidation sites excluding steroid dienone is 1. The Hall–Kier alpha value is -2.83. The molecule has 0 radical (unpaired) electrons. The second-order valence-corrected chi connectivity index (χ2v) is 7.42. The predicted octanol–water partition coefficient (Wildman–Crippen LogP) is 2.34. The zero-order valence-corrected chi connectivity index (χ0v) is 16.2. The molecule has 3 heterocycles. The van der Waals surface area contributed by atoms with Crippen LogP contribution in [0.1, 0.15) is 31.4 Å². The number of guanidine groups is 1. The highest BCUT2D eigenvalue weighted by Crippen LogP contribution is 2.34. The third kappa shape index (κ3) is 2.69. The average molecular weight is 367 g/mol. The molecule has 4 rings (SSSR count). The van der Waals surface area contributed by atoms with E-state index >= 15 is 0 Å². The van der Waals surface area contributed by atoms with Crippen LogP contribution in [0.3, 0.4) is 0 Å². The number of likely N-dealkylation sites (N-methyl/N-ethyl adjacent to an activating group) is 1. The first kappa shape index (κ1) is 17.6. The van der Waals surface area contributed by atoms with Gasteiger partial charge >= 0.3 is 6.03 Å². The molecule has 1 aromatic rings. The van der Waals surface area contributed by atoms with Gasteiger partial charge in [0.15, 0.2) is 12.2 Å². The Bertz CT molecular complexity index is 844. The molecule has 1 fully saturated rings. The maximum Gasteiger partial charge on any atom is 0.328 e. The third-order valence-corrected chi connectivity index (χ3v) is 5.41. The van der Waals surface area contributed by atoms with Gasteiger partial charge in [-0.2, -0.15) is 0 Å². The Morgan fingerprint density at radius 2 is 1.78 bits per heavy atom. The predicted molar refractivity (Wildman–Crippen MR) is 102 cm³/mol. The van der Waals surface area contributed by atoms with Gasteiger partial charge in [0.1, 0.15) is 0 Å². The van der Waals surface area contributed by atoms with Crippen molar-refractivity contribution in [3.8, 4) is 0 Å². The van der Waals surface area contributed by atoms with Crippen LogP contribution in [0.15, 0.2) is 41.2 Å². The fraction of sp³-hybridized carbons (Fsp3) is 0.450. The van der Waals surface area contributed by atoms with Crippen molar-refractivity contribution in [2.75, 3.05) is 13.6 Å². The SMILES string of the molecule is CCCN1C(C)=CN2C1=NC1C2C(=O)N(Cc2ccc(C)cc2)C(=O)N1C. The van der Waals surface area contributed by atoms with E-state index in [-0.39, 0.29) is 18.5 Å². The maximum atomic E-state index is 13.3. The Labute approximate surface area is 159 Å². The molecule has 0 bridgehead atoms. The molecule has 0 saturated carbocycles. The summed E-state index contributed by atoms with van der Waals surface area (Å²) in [5, 5.41) is 0. The van der Waals surface area contributed by atoms with E-state index in [2.05, 4.69) is 11.8 Å². The van der Waals surface area contributed by atoms with Crippen molar-refractivity contribution >= 4 is 17.9 Å². The summed E-state index contributed by atoms with van der Waals surface area (Å²) < 4.78 is 0. The van der Waals surface area contributed by atoms with Crippen LogP contribution >= 0.6 is 0 Å². The molecular formula is C20H25N5O2. The maximum absolute atomic E-state index is 13.3. The van der Waals surface area contributed by atoms with E-state index < -0.39 is 12.2 Å². The topological polar surface area (TPSA) is 59.5 Å². The van der Waals surface area contributed by atoms with Crippen LogP contribution < -0.4 is 0 Å². The lowest BCUT2D eigenvalue weighted by atomic mass is 10.1. The summed E-state index contributed by atoms with van der Waals surface area (Å²) in [6.45, 7) is 7.27. The van der Waals surface area contributed by atoms with Gasteiger partial charge in [-0.3, -0.25) is 9.69 Å². The van der Waals surface area contributed by atoms with Gasteiger partial charge in [0.25, 0.3) is 5.91 Å². The van der Waals surface area contributed by atoms with Gasteiger partial charge < -0.3 is 14.7 Å². The van der Waals surface area contributed by atoms with E-state index in [0.29, 0.717) is 0 Å². The minimum atomic E-state index is -0.495. The number of urea groups is 1. The second kappa shape index (κ2) is 6.40. The highest BCUT2D eigenvalue weighted by molar-refractivity contribution is 6.04. The van der Waals surface area contributed by atoms with Crippen LogP contribution in [-0.2, 0) is 11.3 Å². The standard InChI is InChI=1S/C20H25N5O2/c1-5-10-23-14(3)11-24-16-17(21-19(23)24)22(4)20(27)25(18(16)26)12-15-8-6-13(2)7-9-15/h6-9,11,16-17H,5,10,12H2,1-4H3. The van der Waals surface area contributed by atoms with Crippen LogP contribution in [0.25, 0.3) is 0 Å². The van der Waals surface area contributed by atoms with Crippen molar-refractivity contribution in [1.82, 2.24) is 19.6 Å². The van der Waals surface area contributed by atoms with Crippen LogP contribution in [0.2, 0.25) is 0 Å². The molecule has 1 aromatic carbocycles. The van der Waals surface area contributed by atoms with Crippen molar-refractivity contribution in [1.29, 1.82) is 0 Å². The van der Waals surface area contributed by atoms with E-state index in [1.807, 2.05) is 49.2 Å². The van der Waals surface area contributed by atoms with Crippen molar-refractivity contribution in [3.05, 3.63) is 47.3 Å². The molecule has 7 nitrogen and oxygen atoms in total. The molecule has 0 aliphatic carbocycles. The molecule has 1 saturated heterocycles. The molecule has 3 amide bonds. The van der Waals surface area contributed by atoms with E-state index in [9.17, 15) is 9.59 Å². The van der Waals surface area contributed by atoms with Crippen LogP contribution in [0, 0.1) is 6.92 Å². The summed E-state index contributed by atoms with van der Waals surface area (Å²) in [5.74, 6) is 0.583. The Morgan fingerprint density at radius 3 is 2.44 bits per heavy atom. The molecule has 3 aliphatic heterocycles. The van der Waals surface area contributed by atoms with Gasteiger partial charge in [-0.05, 0) is 25.8 Å². The molecule has 3 aliphatic rings. The lowest BCUT2D eigenvalue weighted by Gasteiger charge is -2.40. The first-order chi connectivity index (χ1) is 12.9.